The first-order chi connectivity index (χ1) is 17.1. The summed E-state index contributed by atoms with van der Waals surface area (Å²) in [6, 6.07) is 24.8. The van der Waals surface area contributed by atoms with Gasteiger partial charge in [-0.2, -0.15) is 10.1 Å². The number of benzene rings is 3. The predicted molar refractivity (Wildman–Crippen MR) is 135 cm³/mol. The Morgan fingerprint density at radius 3 is 1.77 bits per heavy atom. The molecule has 3 aromatic carbocycles. The van der Waals surface area contributed by atoms with Gasteiger partial charge in [-0.15, -0.1) is 0 Å². The summed E-state index contributed by atoms with van der Waals surface area (Å²) < 4.78 is 2.23. The normalized spacial score (nSPS) is 24.3. The van der Waals surface area contributed by atoms with Gasteiger partial charge in [0.1, 0.15) is 0 Å². The third-order valence-corrected chi connectivity index (χ3v) is 8.32. The van der Waals surface area contributed by atoms with E-state index in [1.54, 1.807) is 6.21 Å². The van der Waals surface area contributed by atoms with Gasteiger partial charge in [-0.3, -0.25) is 9.59 Å². The van der Waals surface area contributed by atoms with E-state index < -0.39 is 11.8 Å². The van der Waals surface area contributed by atoms with Crippen LogP contribution >= 0.6 is 0 Å². The Kier molecular flexibility index (Phi) is 4.23. The van der Waals surface area contributed by atoms with Gasteiger partial charge in [0.15, 0.2) is 0 Å². The van der Waals surface area contributed by atoms with Gasteiger partial charge in [0.05, 0.1) is 18.1 Å². The Bertz CT molecular complexity index is 1460. The number of carbonyl (C=O) groups is 2. The van der Waals surface area contributed by atoms with Crippen molar-refractivity contribution in [2.45, 2.75) is 32.2 Å². The Balaban J connectivity index is 1.33. The number of carbonyl (C=O) groups excluding carboxylic acids is 2. The summed E-state index contributed by atoms with van der Waals surface area (Å²) in [6.07, 6.45) is 1.71. The monoisotopic (exact) mass is 459 g/mol. The summed E-state index contributed by atoms with van der Waals surface area (Å²) in [5, 5.41) is 6.79. The van der Waals surface area contributed by atoms with Gasteiger partial charge in [-0.25, -0.2) is 0 Å². The minimum Gasteiger partial charge on any atom is -0.344 e. The summed E-state index contributed by atoms with van der Waals surface area (Å²) in [5.41, 5.74) is 7.85. The van der Waals surface area contributed by atoms with Crippen LogP contribution in [0.4, 0.5) is 0 Å². The topological polar surface area (TPSA) is 54.7 Å². The number of para-hydroxylation sites is 1. The van der Waals surface area contributed by atoms with Crippen molar-refractivity contribution in [3.05, 3.63) is 106 Å². The van der Waals surface area contributed by atoms with Gasteiger partial charge in [0.25, 0.3) is 11.8 Å². The number of rotatable bonds is 3. The minimum absolute atomic E-state index is 0.113. The smallest absolute Gasteiger partial charge is 0.254 e. The van der Waals surface area contributed by atoms with E-state index in [2.05, 4.69) is 59.9 Å². The van der Waals surface area contributed by atoms with Crippen LogP contribution in [0.5, 0.6) is 0 Å². The molecule has 1 saturated heterocycles. The lowest BCUT2D eigenvalue weighted by Gasteiger charge is -2.45. The van der Waals surface area contributed by atoms with Gasteiger partial charge in [-0.05, 0) is 42.2 Å². The molecule has 2 unspecified atom stereocenters. The number of imide groups is 1. The summed E-state index contributed by atoms with van der Waals surface area (Å²) in [5.74, 6) is -1.42. The van der Waals surface area contributed by atoms with Crippen LogP contribution in [-0.2, 0) is 16.1 Å². The fraction of sp³-hybridized carbons (Fsp3) is 0.233. The molecule has 4 aromatic rings. The zero-order valence-electron chi connectivity index (χ0n) is 19.7. The lowest BCUT2D eigenvalue weighted by atomic mass is 9.55. The van der Waals surface area contributed by atoms with E-state index in [9.17, 15) is 9.59 Å². The van der Waals surface area contributed by atoms with Crippen molar-refractivity contribution in [1.82, 2.24) is 9.58 Å². The number of aromatic nitrogens is 1. The molecule has 5 heteroatoms. The molecule has 2 amide bonds. The SMILES string of the molecule is CCn1c(C)c(C=NN2C(=O)C3C4c5ccccc5C(c5ccccc54)C3C2=O)c2ccccc21. The largest absolute Gasteiger partial charge is 0.344 e. The zero-order chi connectivity index (χ0) is 23.8. The molecule has 0 saturated carbocycles. The molecule has 0 radical (unpaired) electrons. The first kappa shape index (κ1) is 20.4. The Hall–Kier alpha value is -3.99. The maximum Gasteiger partial charge on any atom is 0.254 e. The minimum atomic E-state index is -0.410. The molecule has 8 rings (SSSR count). The lowest BCUT2D eigenvalue weighted by molar-refractivity contribution is -0.139. The maximum absolute atomic E-state index is 13.8. The molecule has 0 N–H and O–H groups in total. The Morgan fingerprint density at radius 2 is 1.26 bits per heavy atom. The molecule has 5 nitrogen and oxygen atoms in total. The average molecular weight is 460 g/mol. The number of amides is 2. The quantitative estimate of drug-likeness (QED) is 0.313. The number of fused-ring (bicyclic) bond motifs is 1. The van der Waals surface area contributed by atoms with Crippen LogP contribution in [0.25, 0.3) is 10.9 Å². The summed E-state index contributed by atoms with van der Waals surface area (Å²) in [4.78, 5) is 27.6. The fourth-order valence-corrected chi connectivity index (χ4v) is 6.92. The second-order valence-corrected chi connectivity index (χ2v) is 9.76. The maximum atomic E-state index is 13.8. The predicted octanol–water partition coefficient (Wildman–Crippen LogP) is 5.20. The van der Waals surface area contributed by atoms with Gasteiger partial charge < -0.3 is 4.57 Å². The molecule has 2 heterocycles. The van der Waals surface area contributed by atoms with Crippen molar-refractivity contribution in [3.63, 3.8) is 0 Å². The number of nitrogens with zero attached hydrogens (tertiary/aromatic N) is 3. The average Bonchev–Trinajstić information content (AvgIpc) is 3.32. The van der Waals surface area contributed by atoms with Crippen LogP contribution in [0.3, 0.4) is 0 Å². The molecule has 35 heavy (non-hydrogen) atoms. The van der Waals surface area contributed by atoms with E-state index >= 15 is 0 Å². The molecular formula is C30H25N3O2. The zero-order valence-corrected chi connectivity index (χ0v) is 19.7. The Morgan fingerprint density at radius 1 is 0.771 bits per heavy atom. The molecule has 3 aliphatic carbocycles. The van der Waals surface area contributed by atoms with Crippen molar-refractivity contribution >= 4 is 28.9 Å². The highest BCUT2D eigenvalue weighted by Crippen LogP contribution is 2.60. The van der Waals surface area contributed by atoms with Crippen molar-refractivity contribution < 1.29 is 9.59 Å². The van der Waals surface area contributed by atoms with Gasteiger partial charge in [0, 0.05) is 40.5 Å². The van der Waals surface area contributed by atoms with Crippen LogP contribution in [0.1, 0.15) is 52.3 Å². The van der Waals surface area contributed by atoms with Crippen LogP contribution in [0.15, 0.2) is 77.9 Å². The highest BCUT2D eigenvalue weighted by atomic mass is 16.2. The van der Waals surface area contributed by atoms with Crippen LogP contribution in [0, 0.1) is 18.8 Å². The number of hydrazone groups is 1. The summed E-state index contributed by atoms with van der Waals surface area (Å²) in [6.45, 7) is 5.02. The second kappa shape index (κ2) is 7.25. The molecule has 172 valence electrons. The van der Waals surface area contributed by atoms with Crippen molar-refractivity contribution in [2.24, 2.45) is 16.9 Å². The third-order valence-electron chi connectivity index (χ3n) is 8.32. The van der Waals surface area contributed by atoms with Crippen molar-refractivity contribution in [1.29, 1.82) is 0 Å². The molecule has 2 atom stereocenters. The van der Waals surface area contributed by atoms with Gasteiger partial charge in [-0.1, -0.05) is 66.7 Å². The van der Waals surface area contributed by atoms with E-state index in [1.165, 1.54) is 22.3 Å². The molecule has 1 aromatic heterocycles. The van der Waals surface area contributed by atoms with Gasteiger partial charge >= 0.3 is 0 Å². The number of hydrogen-bond acceptors (Lipinski definition) is 3. The van der Waals surface area contributed by atoms with E-state index in [0.717, 1.165) is 33.7 Å². The number of aryl methyl sites for hydroxylation is 1. The highest BCUT2D eigenvalue weighted by Gasteiger charge is 2.61. The van der Waals surface area contributed by atoms with E-state index in [0.29, 0.717) is 0 Å². The highest BCUT2D eigenvalue weighted by molar-refractivity contribution is 6.09. The van der Waals surface area contributed by atoms with Crippen molar-refractivity contribution in [3.8, 4) is 0 Å². The summed E-state index contributed by atoms with van der Waals surface area (Å²) >= 11 is 0. The standard InChI is InChI=1S/C30H25N3O2/c1-3-32-17(2)23(18-10-8-9-15-24(18)32)16-31-33-29(34)27-25-19-11-4-5-12-20(19)26(28(27)30(33)35)22-14-7-6-13-21(22)25/h4-16,25-28H,3H2,1-2H3. The lowest BCUT2D eigenvalue weighted by Crippen LogP contribution is -2.41. The molecule has 4 aliphatic rings. The van der Waals surface area contributed by atoms with E-state index in [-0.39, 0.29) is 23.7 Å². The van der Waals surface area contributed by atoms with E-state index in [4.69, 9.17) is 0 Å². The van der Waals surface area contributed by atoms with Crippen LogP contribution in [0.2, 0.25) is 0 Å². The fourth-order valence-electron chi connectivity index (χ4n) is 6.92. The molecule has 0 spiro atoms. The summed E-state index contributed by atoms with van der Waals surface area (Å²) in [7, 11) is 0. The number of hydrogen-bond donors (Lipinski definition) is 0. The van der Waals surface area contributed by atoms with E-state index in [1.807, 2.05) is 36.4 Å². The van der Waals surface area contributed by atoms with Gasteiger partial charge in [0.2, 0.25) is 0 Å². The van der Waals surface area contributed by atoms with Crippen LogP contribution in [-0.4, -0.2) is 27.6 Å². The molecule has 2 bridgehead atoms. The molecular weight excluding hydrogens is 434 g/mol. The third kappa shape index (κ3) is 2.55. The first-order valence-corrected chi connectivity index (χ1v) is 12.3. The second-order valence-electron chi connectivity index (χ2n) is 9.76. The molecule has 1 aliphatic heterocycles. The Labute approximate surface area is 203 Å². The van der Waals surface area contributed by atoms with Crippen LogP contribution < -0.4 is 0 Å². The van der Waals surface area contributed by atoms with Crippen molar-refractivity contribution in [2.75, 3.05) is 0 Å². The molecule has 1 fully saturated rings. The first-order valence-electron chi connectivity index (χ1n) is 12.3.